The number of benzene rings is 1. The fraction of sp³-hybridized carbons (Fsp3) is 0.421. The Morgan fingerprint density at radius 3 is 2.46 bits per heavy atom. The minimum atomic E-state index is -1.03. The number of carbonyl (C=O) groups excluding carboxylic acids is 2. The van der Waals surface area contributed by atoms with Crippen LogP contribution in [0.25, 0.3) is 0 Å². The first-order valence-corrected chi connectivity index (χ1v) is 8.89. The minimum absolute atomic E-state index is 0.135. The molecule has 2 rings (SSSR count). The Morgan fingerprint density at radius 1 is 1.25 bits per heavy atom. The van der Waals surface area contributed by atoms with Crippen molar-refractivity contribution in [1.29, 1.82) is 0 Å². The second kappa shape index (κ2) is 8.64. The number of ether oxygens (including phenoxy) is 1. The molecule has 0 spiro atoms. The predicted molar refractivity (Wildman–Crippen MR) is 103 cm³/mol. The highest BCUT2D eigenvalue weighted by atomic mass is 16.6. The molecule has 2 aromatic rings. The number of nitrogens with zero attached hydrogens (tertiary/aromatic N) is 3. The molecule has 28 heavy (non-hydrogen) atoms. The fourth-order valence-corrected chi connectivity index (χ4v) is 2.86. The van der Waals surface area contributed by atoms with Gasteiger partial charge in [-0.2, -0.15) is 5.10 Å². The Balaban J connectivity index is 2.02. The van der Waals surface area contributed by atoms with E-state index in [1.807, 2.05) is 32.0 Å². The zero-order valence-corrected chi connectivity index (χ0v) is 16.6. The molecule has 0 aliphatic rings. The van der Waals surface area contributed by atoms with Crippen LogP contribution in [0.2, 0.25) is 0 Å². The van der Waals surface area contributed by atoms with Gasteiger partial charge in [0.25, 0.3) is 5.91 Å². The van der Waals surface area contributed by atoms with Gasteiger partial charge >= 0.3 is 11.7 Å². The van der Waals surface area contributed by atoms with Crippen LogP contribution in [0, 0.1) is 24.0 Å². The number of hydrogen-bond acceptors (Lipinski definition) is 6. The van der Waals surface area contributed by atoms with Gasteiger partial charge in [-0.3, -0.25) is 24.4 Å². The summed E-state index contributed by atoms with van der Waals surface area (Å²) in [6, 6.07) is 7.42. The third-order valence-electron chi connectivity index (χ3n) is 4.32. The summed E-state index contributed by atoms with van der Waals surface area (Å²) in [7, 11) is 0. The summed E-state index contributed by atoms with van der Waals surface area (Å²) in [5.41, 5.74) is 1.97. The molecule has 0 aliphatic carbocycles. The van der Waals surface area contributed by atoms with Crippen molar-refractivity contribution in [3.05, 3.63) is 51.3 Å². The van der Waals surface area contributed by atoms with Crippen LogP contribution in [-0.4, -0.2) is 32.7 Å². The maximum atomic E-state index is 12.4. The molecule has 1 atom stereocenters. The highest BCUT2D eigenvalue weighted by Crippen LogP contribution is 2.24. The number of nitrogens with one attached hydrogen (secondary N) is 1. The smallest absolute Gasteiger partial charge is 0.328 e. The van der Waals surface area contributed by atoms with Crippen LogP contribution in [0.1, 0.15) is 43.6 Å². The van der Waals surface area contributed by atoms with E-state index in [0.717, 1.165) is 5.56 Å². The molecule has 9 heteroatoms. The fourth-order valence-electron chi connectivity index (χ4n) is 2.86. The first-order chi connectivity index (χ1) is 13.1. The largest absolute Gasteiger partial charge is 0.451 e. The van der Waals surface area contributed by atoms with Gasteiger partial charge < -0.3 is 10.1 Å². The highest BCUT2D eigenvalue weighted by molar-refractivity contribution is 5.95. The van der Waals surface area contributed by atoms with E-state index in [-0.39, 0.29) is 29.5 Å². The summed E-state index contributed by atoms with van der Waals surface area (Å²) in [4.78, 5) is 35.1. The van der Waals surface area contributed by atoms with E-state index in [4.69, 9.17) is 4.74 Å². The molecule has 1 heterocycles. The molecular formula is C19H24N4O5. The van der Waals surface area contributed by atoms with E-state index in [0.29, 0.717) is 5.69 Å². The molecule has 0 fully saturated rings. The number of aryl methyl sites for hydroxylation is 1. The first kappa shape index (κ1) is 21.1. The first-order valence-electron chi connectivity index (χ1n) is 8.89. The van der Waals surface area contributed by atoms with Gasteiger partial charge in [-0.1, -0.05) is 32.0 Å². The van der Waals surface area contributed by atoms with Gasteiger partial charge in [0.05, 0.1) is 4.92 Å². The molecule has 1 amide bonds. The van der Waals surface area contributed by atoms with Crippen LogP contribution in [0.4, 0.5) is 11.4 Å². The van der Waals surface area contributed by atoms with E-state index in [9.17, 15) is 19.7 Å². The molecule has 0 saturated carbocycles. The number of para-hydroxylation sites is 1. The molecule has 150 valence electrons. The number of hydrogen-bond donors (Lipinski definition) is 1. The van der Waals surface area contributed by atoms with Crippen molar-refractivity contribution in [3.63, 3.8) is 0 Å². The Bertz CT molecular complexity index is 904. The molecule has 0 saturated heterocycles. The zero-order chi connectivity index (χ0) is 21.0. The number of anilines is 1. The van der Waals surface area contributed by atoms with Crippen LogP contribution >= 0.6 is 0 Å². The molecule has 1 aromatic heterocycles. The standard InChI is InChI=1S/C19H24N4O5/c1-11(2)15-8-6-7-9-16(15)20-19(25)14(5)28-17(24)10-22-13(4)18(23(26)27)12(3)21-22/h6-9,11,14H,10H2,1-5H3,(H,20,25)/t14-/m1/s1. The lowest BCUT2D eigenvalue weighted by atomic mass is 10.0. The molecule has 0 unspecified atom stereocenters. The SMILES string of the molecule is Cc1nn(CC(=O)O[C@H](C)C(=O)Nc2ccccc2C(C)C)c(C)c1[N+](=O)[O-]. The van der Waals surface area contributed by atoms with Gasteiger partial charge in [-0.05, 0) is 38.3 Å². The van der Waals surface area contributed by atoms with Crippen molar-refractivity contribution in [2.75, 3.05) is 5.32 Å². The van der Waals surface area contributed by atoms with Crippen molar-refractivity contribution in [2.24, 2.45) is 0 Å². The summed E-state index contributed by atoms with van der Waals surface area (Å²) in [5, 5.41) is 17.8. The van der Waals surface area contributed by atoms with Crippen LogP contribution in [0.15, 0.2) is 24.3 Å². The lowest BCUT2D eigenvalue weighted by Gasteiger charge is -2.17. The second-order valence-corrected chi connectivity index (χ2v) is 6.80. The van der Waals surface area contributed by atoms with Crippen molar-refractivity contribution in [3.8, 4) is 0 Å². The van der Waals surface area contributed by atoms with Crippen LogP contribution in [0.3, 0.4) is 0 Å². The van der Waals surface area contributed by atoms with E-state index >= 15 is 0 Å². The normalized spacial score (nSPS) is 11.9. The third-order valence-corrected chi connectivity index (χ3v) is 4.32. The quantitative estimate of drug-likeness (QED) is 0.442. The van der Waals surface area contributed by atoms with E-state index in [1.165, 1.54) is 25.5 Å². The Morgan fingerprint density at radius 2 is 1.89 bits per heavy atom. The summed E-state index contributed by atoms with van der Waals surface area (Å²) in [6.07, 6.45) is -1.03. The summed E-state index contributed by atoms with van der Waals surface area (Å²) in [5.74, 6) is -0.947. The Labute approximate surface area is 162 Å². The number of aromatic nitrogens is 2. The third kappa shape index (κ3) is 4.73. The molecule has 1 N–H and O–H groups in total. The van der Waals surface area contributed by atoms with Crippen molar-refractivity contribution >= 4 is 23.3 Å². The topological polar surface area (TPSA) is 116 Å². The summed E-state index contributed by atoms with van der Waals surface area (Å²) < 4.78 is 6.37. The van der Waals surface area contributed by atoms with E-state index in [1.54, 1.807) is 6.07 Å². The minimum Gasteiger partial charge on any atom is -0.451 e. The molecule has 0 radical (unpaired) electrons. The molecule has 1 aromatic carbocycles. The van der Waals surface area contributed by atoms with E-state index in [2.05, 4.69) is 10.4 Å². The highest BCUT2D eigenvalue weighted by Gasteiger charge is 2.25. The maximum absolute atomic E-state index is 12.4. The zero-order valence-electron chi connectivity index (χ0n) is 16.6. The van der Waals surface area contributed by atoms with Gasteiger partial charge in [0.1, 0.15) is 17.9 Å². The average Bonchev–Trinajstić information content (AvgIpc) is 2.88. The van der Waals surface area contributed by atoms with Gasteiger partial charge in [0, 0.05) is 5.69 Å². The Hall–Kier alpha value is -3.23. The molecule has 0 aliphatic heterocycles. The number of rotatable bonds is 7. The number of esters is 1. The van der Waals surface area contributed by atoms with E-state index < -0.39 is 22.9 Å². The van der Waals surface area contributed by atoms with Crippen LogP contribution < -0.4 is 5.32 Å². The summed E-state index contributed by atoms with van der Waals surface area (Å²) in [6.45, 7) is 8.18. The van der Waals surface area contributed by atoms with Gasteiger partial charge in [-0.25, -0.2) is 0 Å². The lowest BCUT2D eigenvalue weighted by molar-refractivity contribution is -0.386. The monoisotopic (exact) mass is 388 g/mol. The molecule has 0 bridgehead atoms. The average molecular weight is 388 g/mol. The van der Waals surface area contributed by atoms with Crippen molar-refractivity contribution < 1.29 is 19.2 Å². The molecule has 9 nitrogen and oxygen atoms in total. The van der Waals surface area contributed by atoms with Crippen molar-refractivity contribution in [2.45, 2.75) is 53.2 Å². The van der Waals surface area contributed by atoms with Crippen LogP contribution in [0.5, 0.6) is 0 Å². The number of amides is 1. The van der Waals surface area contributed by atoms with Gasteiger partial charge in [0.2, 0.25) is 0 Å². The lowest BCUT2D eigenvalue weighted by Crippen LogP contribution is -2.31. The maximum Gasteiger partial charge on any atom is 0.328 e. The van der Waals surface area contributed by atoms with Gasteiger partial charge in [-0.15, -0.1) is 0 Å². The number of nitro groups is 1. The summed E-state index contributed by atoms with van der Waals surface area (Å²) >= 11 is 0. The second-order valence-electron chi connectivity index (χ2n) is 6.80. The Kier molecular flexibility index (Phi) is 6.50. The van der Waals surface area contributed by atoms with Crippen LogP contribution in [-0.2, 0) is 20.9 Å². The van der Waals surface area contributed by atoms with Gasteiger partial charge in [0.15, 0.2) is 6.10 Å². The molecular weight excluding hydrogens is 364 g/mol. The number of carbonyl (C=O) groups is 2. The van der Waals surface area contributed by atoms with Crippen molar-refractivity contribution in [1.82, 2.24) is 9.78 Å². The predicted octanol–water partition coefficient (Wildman–Crippen LogP) is 3.10.